The molecule has 22 heavy (non-hydrogen) atoms. The molecule has 0 bridgehead atoms. The van der Waals surface area contributed by atoms with E-state index in [1.54, 1.807) is 24.3 Å². The van der Waals surface area contributed by atoms with Crippen LogP contribution in [-0.4, -0.2) is 5.66 Å². The number of benzene rings is 2. The Morgan fingerprint density at radius 3 is 1.59 bits per heavy atom. The van der Waals surface area contributed by atoms with Crippen LogP contribution in [0, 0.1) is 0 Å². The number of hydrogen-bond acceptors (Lipinski definition) is 3. The minimum atomic E-state index is -3.32. The van der Waals surface area contributed by atoms with E-state index in [0.717, 1.165) is 8.95 Å². The Bertz CT molecular complexity index is 605. The standard InChI is InChI=1S/C16H17Br2O3P/c1-3-12(2)22(19,20-15-8-4-13(17)5-9-15)21-16-10-6-14(18)7-11-16/h4-12H,3H2,1-2H3. The van der Waals surface area contributed by atoms with Gasteiger partial charge in [-0.05, 0) is 61.9 Å². The van der Waals surface area contributed by atoms with E-state index in [1.807, 2.05) is 38.1 Å². The summed E-state index contributed by atoms with van der Waals surface area (Å²) in [5.74, 6) is 1.06. The number of rotatable bonds is 6. The Hall–Kier alpha value is -0.770. The second-order valence-corrected chi connectivity index (χ2v) is 9.05. The normalized spacial score (nSPS) is 12.7. The van der Waals surface area contributed by atoms with Crippen LogP contribution >= 0.6 is 39.5 Å². The Balaban J connectivity index is 2.25. The van der Waals surface area contributed by atoms with Gasteiger partial charge in [-0.3, -0.25) is 0 Å². The minimum Gasteiger partial charge on any atom is -0.416 e. The van der Waals surface area contributed by atoms with Gasteiger partial charge in [-0.1, -0.05) is 38.8 Å². The van der Waals surface area contributed by atoms with E-state index in [2.05, 4.69) is 31.9 Å². The van der Waals surface area contributed by atoms with Gasteiger partial charge in [0.2, 0.25) is 0 Å². The van der Waals surface area contributed by atoms with Gasteiger partial charge in [0.25, 0.3) is 0 Å². The third-order valence-electron chi connectivity index (χ3n) is 3.22. The lowest BCUT2D eigenvalue weighted by Gasteiger charge is -2.24. The zero-order valence-electron chi connectivity index (χ0n) is 12.3. The van der Waals surface area contributed by atoms with Crippen molar-refractivity contribution < 1.29 is 13.6 Å². The molecule has 6 heteroatoms. The molecule has 0 radical (unpaired) electrons. The van der Waals surface area contributed by atoms with Crippen molar-refractivity contribution in [2.75, 3.05) is 0 Å². The van der Waals surface area contributed by atoms with Crippen molar-refractivity contribution in [1.29, 1.82) is 0 Å². The van der Waals surface area contributed by atoms with E-state index < -0.39 is 7.60 Å². The van der Waals surface area contributed by atoms with Gasteiger partial charge >= 0.3 is 7.60 Å². The van der Waals surface area contributed by atoms with Crippen molar-refractivity contribution in [3.63, 3.8) is 0 Å². The highest BCUT2D eigenvalue weighted by molar-refractivity contribution is 9.10. The second-order valence-electron chi connectivity index (χ2n) is 4.89. The summed E-state index contributed by atoms with van der Waals surface area (Å²) in [7, 11) is -3.32. The fourth-order valence-electron chi connectivity index (χ4n) is 1.71. The summed E-state index contributed by atoms with van der Waals surface area (Å²) < 4.78 is 26.5. The average molecular weight is 448 g/mol. The summed E-state index contributed by atoms with van der Waals surface area (Å²) in [6.45, 7) is 3.84. The molecule has 0 fully saturated rings. The molecule has 2 aromatic carbocycles. The molecular weight excluding hydrogens is 431 g/mol. The molecule has 0 N–H and O–H groups in total. The molecule has 1 unspecified atom stereocenters. The zero-order valence-corrected chi connectivity index (χ0v) is 16.4. The van der Waals surface area contributed by atoms with Crippen molar-refractivity contribution in [2.24, 2.45) is 0 Å². The quantitative estimate of drug-likeness (QED) is 0.464. The highest BCUT2D eigenvalue weighted by Gasteiger charge is 2.34. The third-order valence-corrected chi connectivity index (χ3v) is 6.66. The van der Waals surface area contributed by atoms with E-state index in [4.69, 9.17) is 9.05 Å². The molecule has 0 saturated heterocycles. The first-order valence-corrected chi connectivity index (χ1v) is 10.1. The topological polar surface area (TPSA) is 35.5 Å². The monoisotopic (exact) mass is 446 g/mol. The van der Waals surface area contributed by atoms with E-state index in [9.17, 15) is 4.57 Å². The summed E-state index contributed by atoms with van der Waals surface area (Å²) in [4.78, 5) is 0. The largest absolute Gasteiger partial charge is 0.433 e. The van der Waals surface area contributed by atoms with Gasteiger partial charge in [0, 0.05) is 8.95 Å². The van der Waals surface area contributed by atoms with Crippen LogP contribution in [0.25, 0.3) is 0 Å². The molecule has 0 aliphatic heterocycles. The first kappa shape index (κ1) is 17.6. The lowest BCUT2D eigenvalue weighted by Crippen LogP contribution is -2.13. The lowest BCUT2D eigenvalue weighted by molar-refractivity contribution is 0.372. The van der Waals surface area contributed by atoms with E-state index in [-0.39, 0.29) is 5.66 Å². The van der Waals surface area contributed by atoms with E-state index in [0.29, 0.717) is 17.9 Å². The van der Waals surface area contributed by atoms with Crippen LogP contribution in [0.2, 0.25) is 0 Å². The maximum atomic E-state index is 13.2. The van der Waals surface area contributed by atoms with Crippen molar-refractivity contribution >= 4 is 39.5 Å². The molecule has 118 valence electrons. The summed E-state index contributed by atoms with van der Waals surface area (Å²) in [5.41, 5.74) is -0.209. The third kappa shape index (κ3) is 4.61. The van der Waals surface area contributed by atoms with Crippen LogP contribution in [0.5, 0.6) is 11.5 Å². The van der Waals surface area contributed by atoms with Crippen LogP contribution in [0.4, 0.5) is 0 Å². The summed E-state index contributed by atoms with van der Waals surface area (Å²) in [5, 5.41) is 0. The van der Waals surface area contributed by atoms with Gasteiger partial charge in [-0.15, -0.1) is 0 Å². The maximum absolute atomic E-state index is 13.2. The Labute approximate surface area is 147 Å². The molecule has 3 nitrogen and oxygen atoms in total. The molecule has 0 heterocycles. The predicted molar refractivity (Wildman–Crippen MR) is 96.9 cm³/mol. The average Bonchev–Trinajstić information content (AvgIpc) is 2.51. The van der Waals surface area contributed by atoms with Gasteiger partial charge in [-0.2, -0.15) is 0 Å². The molecular formula is C16H17Br2O3P. The lowest BCUT2D eigenvalue weighted by atomic mass is 10.3. The van der Waals surface area contributed by atoms with Crippen LogP contribution < -0.4 is 9.05 Å². The van der Waals surface area contributed by atoms with E-state index in [1.165, 1.54) is 0 Å². The summed E-state index contributed by atoms with van der Waals surface area (Å²) in [6.07, 6.45) is 0.699. The van der Waals surface area contributed by atoms with Crippen molar-refractivity contribution in [3.05, 3.63) is 57.5 Å². The minimum absolute atomic E-state index is 0.209. The van der Waals surface area contributed by atoms with Gasteiger partial charge < -0.3 is 9.05 Å². The summed E-state index contributed by atoms with van der Waals surface area (Å²) >= 11 is 6.74. The summed E-state index contributed by atoms with van der Waals surface area (Å²) in [6, 6.07) is 14.4. The maximum Gasteiger partial charge on any atom is 0.433 e. The van der Waals surface area contributed by atoms with Crippen LogP contribution in [0.3, 0.4) is 0 Å². The Kier molecular flexibility index (Phi) is 6.13. The van der Waals surface area contributed by atoms with Gasteiger partial charge in [-0.25, -0.2) is 4.57 Å². The highest BCUT2D eigenvalue weighted by atomic mass is 79.9. The highest BCUT2D eigenvalue weighted by Crippen LogP contribution is 2.53. The molecule has 2 rings (SSSR count). The fourth-order valence-corrected chi connectivity index (χ4v) is 3.91. The van der Waals surface area contributed by atoms with E-state index >= 15 is 0 Å². The Morgan fingerprint density at radius 1 is 0.909 bits per heavy atom. The molecule has 0 aromatic heterocycles. The smallest absolute Gasteiger partial charge is 0.416 e. The van der Waals surface area contributed by atoms with Crippen LogP contribution in [-0.2, 0) is 4.57 Å². The number of halogens is 2. The molecule has 0 amide bonds. The molecule has 1 atom stereocenters. The zero-order chi connectivity index (χ0) is 16.2. The van der Waals surface area contributed by atoms with Crippen molar-refractivity contribution in [1.82, 2.24) is 0 Å². The molecule has 2 aromatic rings. The SMILES string of the molecule is CCC(C)P(=O)(Oc1ccc(Br)cc1)Oc1ccc(Br)cc1. The van der Waals surface area contributed by atoms with Crippen molar-refractivity contribution in [2.45, 2.75) is 25.9 Å². The van der Waals surface area contributed by atoms with Gasteiger partial charge in [0.05, 0.1) is 5.66 Å². The molecule has 0 aliphatic rings. The Morgan fingerprint density at radius 2 is 1.27 bits per heavy atom. The predicted octanol–water partition coefficient (Wildman–Crippen LogP) is 6.66. The molecule has 0 saturated carbocycles. The molecule has 0 spiro atoms. The van der Waals surface area contributed by atoms with Gasteiger partial charge in [0.15, 0.2) is 0 Å². The van der Waals surface area contributed by atoms with Gasteiger partial charge in [0.1, 0.15) is 11.5 Å². The van der Waals surface area contributed by atoms with Crippen LogP contribution in [0.1, 0.15) is 20.3 Å². The van der Waals surface area contributed by atoms with Crippen molar-refractivity contribution in [3.8, 4) is 11.5 Å². The van der Waals surface area contributed by atoms with Crippen LogP contribution in [0.15, 0.2) is 57.5 Å². The fraction of sp³-hybridized carbons (Fsp3) is 0.250. The number of hydrogen-bond donors (Lipinski definition) is 0. The molecule has 0 aliphatic carbocycles. The first-order chi connectivity index (χ1) is 10.4. The first-order valence-electron chi connectivity index (χ1n) is 6.93. The second kappa shape index (κ2) is 7.67.